The number of piperidine rings is 1. The van der Waals surface area contributed by atoms with Crippen molar-refractivity contribution in [2.75, 3.05) is 33.4 Å². The van der Waals surface area contributed by atoms with Crippen LogP contribution in [0.3, 0.4) is 0 Å². The van der Waals surface area contributed by atoms with E-state index in [1.54, 1.807) is 0 Å². The fourth-order valence-electron chi connectivity index (χ4n) is 4.68. The number of aliphatic hydroxyl groups excluding tert-OH is 1. The van der Waals surface area contributed by atoms with Crippen molar-refractivity contribution in [2.45, 2.75) is 38.0 Å². The highest BCUT2D eigenvalue weighted by atomic mass is 16.7. The molecule has 0 saturated carbocycles. The van der Waals surface area contributed by atoms with Crippen molar-refractivity contribution in [1.82, 2.24) is 9.88 Å². The van der Waals surface area contributed by atoms with E-state index in [1.807, 2.05) is 6.07 Å². The zero-order chi connectivity index (χ0) is 17.4. The van der Waals surface area contributed by atoms with Gasteiger partial charge in [-0.05, 0) is 31.5 Å². The van der Waals surface area contributed by atoms with Gasteiger partial charge in [0.15, 0.2) is 5.79 Å². The number of para-hydroxylation sites is 1. The number of hydrogen-bond acceptors (Lipinski definition) is 4. The largest absolute Gasteiger partial charge is 0.396 e. The Hall–Kier alpha value is -1.40. The summed E-state index contributed by atoms with van der Waals surface area (Å²) in [5.41, 5.74) is 3.55. The molecule has 1 aromatic heterocycles. The number of H-pyrrole nitrogens is 1. The topological polar surface area (TPSA) is 57.7 Å². The predicted octanol–water partition coefficient (Wildman–Crippen LogP) is 2.85. The molecule has 2 atom stereocenters. The van der Waals surface area contributed by atoms with Gasteiger partial charge in [-0.25, -0.2) is 0 Å². The van der Waals surface area contributed by atoms with Crippen LogP contribution in [0.5, 0.6) is 0 Å². The van der Waals surface area contributed by atoms with Crippen molar-refractivity contribution in [2.24, 2.45) is 5.92 Å². The number of likely N-dealkylation sites (tertiary alicyclic amines) is 1. The van der Waals surface area contributed by atoms with E-state index in [-0.39, 0.29) is 12.6 Å². The lowest BCUT2D eigenvalue weighted by Crippen LogP contribution is -2.52. The number of aromatic nitrogens is 1. The first-order valence-electron chi connectivity index (χ1n) is 9.37. The third-order valence-electron chi connectivity index (χ3n) is 5.95. The molecule has 2 saturated heterocycles. The Bertz CT molecular complexity index is 736. The normalized spacial score (nSPS) is 26.7. The van der Waals surface area contributed by atoms with Crippen molar-refractivity contribution in [3.63, 3.8) is 0 Å². The highest BCUT2D eigenvalue weighted by Crippen LogP contribution is 2.46. The minimum absolute atomic E-state index is 0.154. The maximum Gasteiger partial charge on any atom is 0.174 e. The summed E-state index contributed by atoms with van der Waals surface area (Å²) >= 11 is 0. The lowest BCUT2D eigenvalue weighted by atomic mass is 9.83. The van der Waals surface area contributed by atoms with E-state index in [4.69, 9.17) is 9.47 Å². The zero-order valence-corrected chi connectivity index (χ0v) is 15.1. The third kappa shape index (κ3) is 2.79. The molecule has 25 heavy (non-hydrogen) atoms. The van der Waals surface area contributed by atoms with Gasteiger partial charge >= 0.3 is 0 Å². The van der Waals surface area contributed by atoms with E-state index in [1.165, 1.54) is 16.6 Å². The monoisotopic (exact) mass is 344 g/mol. The summed E-state index contributed by atoms with van der Waals surface area (Å²) < 4.78 is 12.3. The number of aromatic amines is 1. The first-order valence-corrected chi connectivity index (χ1v) is 9.37. The van der Waals surface area contributed by atoms with E-state index in [2.05, 4.69) is 42.1 Å². The number of benzene rings is 1. The van der Waals surface area contributed by atoms with Crippen LogP contribution in [0, 0.1) is 5.92 Å². The lowest BCUT2D eigenvalue weighted by Gasteiger charge is -2.47. The second kappa shape index (κ2) is 6.72. The van der Waals surface area contributed by atoms with Gasteiger partial charge in [-0.3, -0.25) is 4.90 Å². The molecule has 0 radical (unpaired) electrons. The first kappa shape index (κ1) is 17.0. The van der Waals surface area contributed by atoms with Crippen LogP contribution in [0.25, 0.3) is 10.9 Å². The maximum absolute atomic E-state index is 9.59. The van der Waals surface area contributed by atoms with Gasteiger partial charge in [0, 0.05) is 42.1 Å². The number of fused-ring (bicyclic) bond motifs is 1. The molecule has 4 rings (SSSR count). The summed E-state index contributed by atoms with van der Waals surface area (Å²) in [6.45, 7) is 4.69. The van der Waals surface area contributed by atoms with Gasteiger partial charge in [-0.15, -0.1) is 0 Å². The van der Waals surface area contributed by atoms with Crippen molar-refractivity contribution in [3.8, 4) is 0 Å². The molecule has 0 amide bonds. The summed E-state index contributed by atoms with van der Waals surface area (Å²) in [6, 6.07) is 8.55. The minimum atomic E-state index is -0.459. The molecule has 1 spiro atoms. The van der Waals surface area contributed by atoms with E-state index < -0.39 is 5.79 Å². The molecule has 2 aromatic rings. The molecule has 2 aliphatic heterocycles. The van der Waals surface area contributed by atoms with Gasteiger partial charge in [-0.1, -0.05) is 25.1 Å². The Kier molecular flexibility index (Phi) is 4.58. The van der Waals surface area contributed by atoms with Gasteiger partial charge in [0.2, 0.25) is 0 Å². The van der Waals surface area contributed by atoms with Crippen molar-refractivity contribution >= 4 is 10.9 Å². The quantitative estimate of drug-likeness (QED) is 0.895. The molecule has 5 nitrogen and oxygen atoms in total. The molecule has 1 aromatic carbocycles. The molecule has 0 bridgehead atoms. The van der Waals surface area contributed by atoms with Crippen LogP contribution in [-0.2, 0) is 15.9 Å². The van der Waals surface area contributed by atoms with Crippen LogP contribution < -0.4 is 0 Å². The molecule has 0 aliphatic carbocycles. The van der Waals surface area contributed by atoms with Crippen molar-refractivity contribution < 1.29 is 14.6 Å². The number of rotatable bonds is 4. The Balaban J connectivity index is 1.75. The molecule has 2 N–H and O–H groups in total. The minimum Gasteiger partial charge on any atom is -0.396 e. The number of nitrogens with one attached hydrogen (secondary N) is 1. The second-order valence-electron chi connectivity index (χ2n) is 7.31. The molecule has 2 fully saturated rings. The second-order valence-corrected chi connectivity index (χ2v) is 7.31. The Morgan fingerprint density at radius 1 is 1.28 bits per heavy atom. The Labute approximate surface area is 148 Å². The van der Waals surface area contributed by atoms with Gasteiger partial charge in [0.05, 0.1) is 19.3 Å². The summed E-state index contributed by atoms with van der Waals surface area (Å²) in [6.07, 6.45) is 2.54. The van der Waals surface area contributed by atoms with Crippen LogP contribution in [-0.4, -0.2) is 54.2 Å². The fraction of sp³-hybridized carbons (Fsp3) is 0.600. The van der Waals surface area contributed by atoms with Crippen LogP contribution >= 0.6 is 0 Å². The van der Waals surface area contributed by atoms with E-state index in [0.29, 0.717) is 25.6 Å². The lowest BCUT2D eigenvalue weighted by molar-refractivity contribution is -0.231. The average Bonchev–Trinajstić information content (AvgIpc) is 3.23. The van der Waals surface area contributed by atoms with E-state index in [0.717, 1.165) is 24.9 Å². The van der Waals surface area contributed by atoms with Crippen LogP contribution in [0.1, 0.15) is 37.1 Å². The molecular formula is C20H28N2O3. The SMILES string of the molecule is CC[C@H]1CN(C)[C@H](c2[nH]c3ccccc3c2CCO)CC12OCCO2. The standard InChI is InChI=1S/C20H28N2O3/c1-3-14-13-22(2)18(12-20(14)24-10-11-25-20)19-16(8-9-23)15-6-4-5-7-17(15)21-19/h4-7,14,18,21,23H,3,8-13H2,1-2H3/t14-,18-/m0/s1. The molecular weight excluding hydrogens is 316 g/mol. The maximum atomic E-state index is 9.59. The van der Waals surface area contributed by atoms with Crippen LogP contribution in [0.15, 0.2) is 24.3 Å². The van der Waals surface area contributed by atoms with E-state index in [9.17, 15) is 5.11 Å². The summed E-state index contributed by atoms with van der Waals surface area (Å²) in [5.74, 6) is -0.0680. The third-order valence-corrected chi connectivity index (χ3v) is 5.95. The average molecular weight is 344 g/mol. The van der Waals surface area contributed by atoms with Gasteiger partial charge < -0.3 is 19.6 Å². The van der Waals surface area contributed by atoms with Crippen LogP contribution in [0.4, 0.5) is 0 Å². The highest BCUT2D eigenvalue weighted by molar-refractivity contribution is 5.84. The van der Waals surface area contributed by atoms with Gasteiger partial charge in [0.1, 0.15) is 0 Å². The molecule has 3 heterocycles. The fourth-order valence-corrected chi connectivity index (χ4v) is 4.68. The van der Waals surface area contributed by atoms with Gasteiger partial charge in [0.25, 0.3) is 0 Å². The summed E-state index contributed by atoms with van der Waals surface area (Å²) in [4.78, 5) is 6.04. The summed E-state index contributed by atoms with van der Waals surface area (Å²) in [7, 11) is 2.18. The molecule has 2 aliphatic rings. The highest BCUT2D eigenvalue weighted by Gasteiger charge is 2.50. The summed E-state index contributed by atoms with van der Waals surface area (Å²) in [5, 5.41) is 10.8. The molecule has 0 unspecified atom stereocenters. The first-order chi connectivity index (χ1) is 12.2. The number of aliphatic hydroxyl groups is 1. The molecule has 5 heteroatoms. The van der Waals surface area contributed by atoms with E-state index >= 15 is 0 Å². The van der Waals surface area contributed by atoms with Crippen molar-refractivity contribution in [3.05, 3.63) is 35.5 Å². The zero-order valence-electron chi connectivity index (χ0n) is 15.1. The smallest absolute Gasteiger partial charge is 0.174 e. The Morgan fingerprint density at radius 2 is 2.04 bits per heavy atom. The number of hydrogen-bond donors (Lipinski definition) is 2. The number of ether oxygens (including phenoxy) is 2. The molecule has 136 valence electrons. The van der Waals surface area contributed by atoms with Gasteiger partial charge in [-0.2, -0.15) is 0 Å². The van der Waals surface area contributed by atoms with Crippen LogP contribution in [0.2, 0.25) is 0 Å². The Morgan fingerprint density at radius 3 is 2.76 bits per heavy atom. The predicted molar refractivity (Wildman–Crippen MR) is 97.5 cm³/mol. The van der Waals surface area contributed by atoms with Crippen molar-refractivity contribution in [1.29, 1.82) is 0 Å². The number of nitrogens with zero attached hydrogens (tertiary/aromatic N) is 1.